The summed E-state index contributed by atoms with van der Waals surface area (Å²) >= 11 is 0. The summed E-state index contributed by atoms with van der Waals surface area (Å²) in [5.41, 5.74) is -0.0693. The number of carbonyl (C=O) groups is 2. The summed E-state index contributed by atoms with van der Waals surface area (Å²) in [5.74, 6) is 2.47. The minimum absolute atomic E-state index is 0.00100. The van der Waals surface area contributed by atoms with Crippen LogP contribution in [0, 0.1) is 12.3 Å². The summed E-state index contributed by atoms with van der Waals surface area (Å²) in [7, 11) is 0. The van der Waals surface area contributed by atoms with Gasteiger partial charge in [-0.3, -0.25) is 14.6 Å². The molecule has 3 rings (SSSR count). The molecule has 0 atom stereocenters. The van der Waals surface area contributed by atoms with Crippen molar-refractivity contribution in [3.8, 4) is 12.3 Å². The molecule has 1 aromatic heterocycles. The van der Waals surface area contributed by atoms with Gasteiger partial charge in [-0.05, 0) is 12.8 Å². The molecular weight excluding hydrogens is 332 g/mol. The fourth-order valence-corrected chi connectivity index (χ4v) is 3.08. The van der Waals surface area contributed by atoms with Gasteiger partial charge in [0.2, 0.25) is 5.91 Å². The molecule has 0 spiro atoms. The van der Waals surface area contributed by atoms with Crippen LogP contribution in [0.2, 0.25) is 0 Å². The van der Waals surface area contributed by atoms with E-state index < -0.39 is 5.66 Å². The molecule has 0 bridgehead atoms. The van der Waals surface area contributed by atoms with Crippen LogP contribution >= 0.6 is 0 Å². The third-order valence-corrected chi connectivity index (χ3v) is 4.73. The molecule has 1 saturated heterocycles. The molecule has 2 aliphatic rings. The van der Waals surface area contributed by atoms with E-state index in [4.69, 9.17) is 6.42 Å². The van der Waals surface area contributed by atoms with E-state index in [2.05, 4.69) is 31.4 Å². The highest BCUT2D eigenvalue weighted by Gasteiger charge is 2.39. The van der Waals surface area contributed by atoms with E-state index in [9.17, 15) is 9.59 Å². The van der Waals surface area contributed by atoms with Gasteiger partial charge in [-0.25, -0.2) is 4.98 Å². The Kier molecular flexibility index (Phi) is 5.56. The Hall–Kier alpha value is -2.82. The van der Waals surface area contributed by atoms with Gasteiger partial charge in [0.05, 0.1) is 6.20 Å². The monoisotopic (exact) mass is 354 g/mol. The lowest BCUT2D eigenvalue weighted by molar-refractivity contribution is -0.122. The molecule has 2 aliphatic heterocycles. The van der Waals surface area contributed by atoms with Crippen molar-refractivity contribution in [3.05, 3.63) is 24.3 Å². The van der Waals surface area contributed by atoms with Crippen LogP contribution in [-0.2, 0) is 4.79 Å². The van der Waals surface area contributed by atoms with Crippen LogP contribution in [0.4, 0.5) is 0 Å². The molecule has 0 saturated carbocycles. The molecular formula is C18H22N6O2. The van der Waals surface area contributed by atoms with Gasteiger partial charge in [0.25, 0.3) is 5.91 Å². The summed E-state index contributed by atoms with van der Waals surface area (Å²) in [6.45, 7) is 1.19. The Morgan fingerprint density at radius 1 is 1.27 bits per heavy atom. The molecule has 0 unspecified atom stereocenters. The first-order valence-corrected chi connectivity index (χ1v) is 8.84. The van der Waals surface area contributed by atoms with Crippen molar-refractivity contribution >= 4 is 11.8 Å². The highest BCUT2D eigenvalue weighted by atomic mass is 16.2. The standard InChI is InChI=1S/C18H22N6O2/c1-2-3-7-18(22-23-18)8-4-16(25)21-14-5-11-24(12-6-14)17(26)15-13-19-9-10-20-15/h1,9-10,13-14H,3-8,11-12H2,(H,21,25). The van der Waals surface area contributed by atoms with Gasteiger partial charge in [0.1, 0.15) is 5.69 Å². The zero-order valence-electron chi connectivity index (χ0n) is 14.6. The Morgan fingerprint density at radius 3 is 2.65 bits per heavy atom. The van der Waals surface area contributed by atoms with Crippen LogP contribution in [0.1, 0.15) is 49.0 Å². The highest BCUT2D eigenvalue weighted by Crippen LogP contribution is 2.37. The predicted octanol–water partition coefficient (Wildman–Crippen LogP) is 1.55. The van der Waals surface area contributed by atoms with Crippen molar-refractivity contribution in [1.82, 2.24) is 20.2 Å². The molecule has 8 nitrogen and oxygen atoms in total. The van der Waals surface area contributed by atoms with E-state index in [1.165, 1.54) is 18.6 Å². The number of hydrogen-bond donors (Lipinski definition) is 1. The average Bonchev–Trinajstić information content (AvgIpc) is 3.46. The molecule has 8 heteroatoms. The molecule has 1 aromatic rings. The van der Waals surface area contributed by atoms with Crippen molar-refractivity contribution < 1.29 is 9.59 Å². The quantitative estimate of drug-likeness (QED) is 0.751. The summed E-state index contributed by atoms with van der Waals surface area (Å²) < 4.78 is 0. The maximum absolute atomic E-state index is 12.3. The third-order valence-electron chi connectivity index (χ3n) is 4.73. The maximum Gasteiger partial charge on any atom is 0.274 e. The number of piperidine rings is 1. The highest BCUT2D eigenvalue weighted by molar-refractivity contribution is 5.92. The number of likely N-dealkylation sites (tertiary alicyclic amines) is 1. The van der Waals surface area contributed by atoms with Gasteiger partial charge in [-0.2, -0.15) is 10.2 Å². The molecule has 2 amide bonds. The van der Waals surface area contributed by atoms with Gasteiger partial charge in [-0.15, -0.1) is 12.3 Å². The van der Waals surface area contributed by atoms with E-state index in [1.807, 2.05) is 0 Å². The van der Waals surface area contributed by atoms with Gasteiger partial charge >= 0.3 is 0 Å². The second-order valence-electron chi connectivity index (χ2n) is 6.61. The van der Waals surface area contributed by atoms with Gasteiger partial charge in [0.15, 0.2) is 5.66 Å². The summed E-state index contributed by atoms with van der Waals surface area (Å²) in [5, 5.41) is 11.1. The minimum atomic E-state index is -0.420. The van der Waals surface area contributed by atoms with E-state index >= 15 is 0 Å². The number of hydrogen-bond acceptors (Lipinski definition) is 6. The molecule has 1 fully saturated rings. The second-order valence-corrected chi connectivity index (χ2v) is 6.61. The van der Waals surface area contributed by atoms with Crippen molar-refractivity contribution in [3.63, 3.8) is 0 Å². The number of terminal acetylenes is 1. The SMILES string of the molecule is C#CCCC1(CCC(=O)NC2CCN(C(=O)c3cnccn3)CC2)N=N1. The first kappa shape index (κ1) is 18.0. The van der Waals surface area contributed by atoms with Crippen LogP contribution in [0.15, 0.2) is 28.8 Å². The van der Waals surface area contributed by atoms with Gasteiger partial charge < -0.3 is 10.2 Å². The zero-order chi connectivity index (χ0) is 18.4. The van der Waals surface area contributed by atoms with Crippen LogP contribution in [0.5, 0.6) is 0 Å². The summed E-state index contributed by atoms with van der Waals surface area (Å²) in [4.78, 5) is 34.2. The van der Waals surface area contributed by atoms with E-state index in [1.54, 1.807) is 4.90 Å². The van der Waals surface area contributed by atoms with E-state index in [0.29, 0.717) is 44.5 Å². The normalized spacial score (nSPS) is 18.2. The number of nitrogens with zero attached hydrogens (tertiary/aromatic N) is 5. The number of nitrogens with one attached hydrogen (secondary N) is 1. The van der Waals surface area contributed by atoms with Gasteiger partial charge in [0, 0.05) is 57.2 Å². The first-order chi connectivity index (χ1) is 12.6. The molecule has 3 heterocycles. The minimum Gasteiger partial charge on any atom is -0.353 e. The molecule has 26 heavy (non-hydrogen) atoms. The van der Waals surface area contributed by atoms with E-state index in [-0.39, 0.29) is 17.9 Å². The van der Waals surface area contributed by atoms with Gasteiger partial charge in [-0.1, -0.05) is 0 Å². The predicted molar refractivity (Wildman–Crippen MR) is 94.0 cm³/mol. The number of aromatic nitrogens is 2. The van der Waals surface area contributed by atoms with Crippen LogP contribution in [0.3, 0.4) is 0 Å². The fraction of sp³-hybridized carbons (Fsp3) is 0.556. The number of amides is 2. The molecule has 0 aliphatic carbocycles. The maximum atomic E-state index is 12.3. The first-order valence-electron chi connectivity index (χ1n) is 8.84. The van der Waals surface area contributed by atoms with Crippen LogP contribution in [0.25, 0.3) is 0 Å². The Morgan fingerprint density at radius 2 is 2.04 bits per heavy atom. The Bertz CT molecular complexity index is 713. The van der Waals surface area contributed by atoms with E-state index in [0.717, 1.165) is 12.8 Å². The molecule has 136 valence electrons. The number of carbonyl (C=O) groups excluding carboxylic acids is 2. The molecule has 1 N–H and O–H groups in total. The number of rotatable bonds is 7. The van der Waals surface area contributed by atoms with Crippen LogP contribution < -0.4 is 5.32 Å². The largest absolute Gasteiger partial charge is 0.353 e. The van der Waals surface area contributed by atoms with Crippen LogP contribution in [-0.4, -0.2) is 51.5 Å². The third kappa shape index (κ3) is 4.63. The molecule has 0 aromatic carbocycles. The summed E-state index contributed by atoms with van der Waals surface area (Å²) in [6, 6.07) is 0.0862. The smallest absolute Gasteiger partial charge is 0.274 e. The lowest BCUT2D eigenvalue weighted by Gasteiger charge is -2.32. The topological polar surface area (TPSA) is 99.9 Å². The summed E-state index contributed by atoms with van der Waals surface area (Å²) in [6.07, 6.45) is 13.6. The zero-order valence-corrected chi connectivity index (χ0v) is 14.6. The Labute approximate surface area is 152 Å². The van der Waals surface area contributed by atoms with Crippen molar-refractivity contribution in [2.24, 2.45) is 10.2 Å². The van der Waals surface area contributed by atoms with Crippen molar-refractivity contribution in [1.29, 1.82) is 0 Å². The lowest BCUT2D eigenvalue weighted by atomic mass is 10.0. The van der Waals surface area contributed by atoms with Crippen molar-refractivity contribution in [2.75, 3.05) is 13.1 Å². The van der Waals surface area contributed by atoms with Crippen molar-refractivity contribution in [2.45, 2.75) is 50.2 Å². The fourth-order valence-electron chi connectivity index (χ4n) is 3.08. The molecule has 0 radical (unpaired) electrons. The average molecular weight is 354 g/mol. The second kappa shape index (κ2) is 8.04. The Balaban J connectivity index is 1.38. The lowest BCUT2D eigenvalue weighted by Crippen LogP contribution is -2.46.